The fourth-order valence-corrected chi connectivity index (χ4v) is 2.73. The Labute approximate surface area is 163 Å². The standard InChI is InChI=1S/C23H18N2O3/c1-16-7-6-10-17(13-16)22(26)25-21-12-5-4-11-20(21)23(27)28-15-19-9-3-2-8-18(19)14-24/h2-13H,15H2,1H3,(H,25,26). The quantitative estimate of drug-likeness (QED) is 0.672. The van der Waals surface area contributed by atoms with Gasteiger partial charge in [0.1, 0.15) is 6.61 Å². The van der Waals surface area contributed by atoms with Gasteiger partial charge in [-0.15, -0.1) is 0 Å². The van der Waals surface area contributed by atoms with Gasteiger partial charge in [-0.25, -0.2) is 4.79 Å². The van der Waals surface area contributed by atoms with Gasteiger partial charge in [0.25, 0.3) is 5.91 Å². The fourth-order valence-electron chi connectivity index (χ4n) is 2.73. The van der Waals surface area contributed by atoms with Crippen LogP contribution in [0.4, 0.5) is 5.69 Å². The van der Waals surface area contributed by atoms with Crippen molar-refractivity contribution in [2.75, 3.05) is 5.32 Å². The maximum absolute atomic E-state index is 12.6. The summed E-state index contributed by atoms with van der Waals surface area (Å²) in [5.41, 5.74) is 3.17. The highest BCUT2D eigenvalue weighted by molar-refractivity contribution is 6.08. The van der Waals surface area contributed by atoms with Crippen molar-refractivity contribution in [1.29, 1.82) is 5.26 Å². The summed E-state index contributed by atoms with van der Waals surface area (Å²) in [6, 6.07) is 22.8. The molecule has 0 fully saturated rings. The van der Waals surface area contributed by atoms with Crippen molar-refractivity contribution in [1.82, 2.24) is 0 Å². The van der Waals surface area contributed by atoms with E-state index in [0.29, 0.717) is 22.4 Å². The molecular formula is C23H18N2O3. The zero-order valence-corrected chi connectivity index (χ0v) is 15.3. The van der Waals surface area contributed by atoms with E-state index in [-0.39, 0.29) is 18.1 Å². The molecule has 0 aliphatic rings. The third-order valence-electron chi connectivity index (χ3n) is 4.17. The van der Waals surface area contributed by atoms with Crippen LogP contribution in [-0.2, 0) is 11.3 Å². The van der Waals surface area contributed by atoms with Gasteiger partial charge in [-0.2, -0.15) is 5.26 Å². The molecule has 1 amide bonds. The Morgan fingerprint density at radius 2 is 1.75 bits per heavy atom. The molecule has 28 heavy (non-hydrogen) atoms. The van der Waals surface area contributed by atoms with Crippen molar-refractivity contribution in [3.63, 3.8) is 0 Å². The summed E-state index contributed by atoms with van der Waals surface area (Å²) in [5.74, 6) is -0.883. The number of carbonyl (C=O) groups excluding carboxylic acids is 2. The van der Waals surface area contributed by atoms with Crippen LogP contribution < -0.4 is 5.32 Å². The highest BCUT2D eigenvalue weighted by Crippen LogP contribution is 2.19. The van der Waals surface area contributed by atoms with Crippen LogP contribution in [0.1, 0.15) is 37.4 Å². The second kappa shape index (κ2) is 8.65. The minimum atomic E-state index is -0.576. The lowest BCUT2D eigenvalue weighted by Crippen LogP contribution is -2.16. The van der Waals surface area contributed by atoms with Crippen LogP contribution in [0.5, 0.6) is 0 Å². The molecule has 0 aromatic heterocycles. The van der Waals surface area contributed by atoms with Crippen molar-refractivity contribution < 1.29 is 14.3 Å². The number of benzene rings is 3. The number of esters is 1. The lowest BCUT2D eigenvalue weighted by molar-refractivity contribution is 0.0473. The predicted molar refractivity (Wildman–Crippen MR) is 106 cm³/mol. The molecule has 3 aromatic rings. The zero-order chi connectivity index (χ0) is 19.9. The third-order valence-corrected chi connectivity index (χ3v) is 4.17. The van der Waals surface area contributed by atoms with Gasteiger partial charge in [0.05, 0.1) is 22.9 Å². The molecular weight excluding hydrogens is 352 g/mol. The number of hydrogen-bond donors (Lipinski definition) is 1. The molecule has 0 spiro atoms. The molecule has 0 atom stereocenters. The van der Waals surface area contributed by atoms with Crippen molar-refractivity contribution in [3.05, 3.63) is 101 Å². The van der Waals surface area contributed by atoms with Gasteiger partial charge >= 0.3 is 5.97 Å². The molecule has 5 nitrogen and oxygen atoms in total. The zero-order valence-electron chi connectivity index (χ0n) is 15.3. The topological polar surface area (TPSA) is 79.2 Å². The van der Waals surface area contributed by atoms with E-state index in [1.165, 1.54) is 0 Å². The monoisotopic (exact) mass is 370 g/mol. The fraction of sp³-hybridized carbons (Fsp3) is 0.0870. The van der Waals surface area contributed by atoms with Crippen molar-refractivity contribution in [3.8, 4) is 6.07 Å². The van der Waals surface area contributed by atoms with E-state index in [1.54, 1.807) is 66.7 Å². The van der Waals surface area contributed by atoms with Gasteiger partial charge in [-0.05, 0) is 37.3 Å². The molecule has 0 aliphatic heterocycles. The first-order chi connectivity index (χ1) is 13.6. The molecule has 0 aliphatic carbocycles. The highest BCUT2D eigenvalue weighted by Gasteiger charge is 2.16. The third kappa shape index (κ3) is 4.43. The summed E-state index contributed by atoms with van der Waals surface area (Å²) in [5, 5.41) is 11.9. The Hall–Kier alpha value is -3.91. The number of ether oxygens (including phenoxy) is 1. The molecule has 138 valence electrons. The summed E-state index contributed by atoms with van der Waals surface area (Å²) in [6.07, 6.45) is 0. The predicted octanol–water partition coefficient (Wildman–Crippen LogP) is 4.48. The average Bonchev–Trinajstić information content (AvgIpc) is 2.72. The number of amides is 1. The van der Waals surface area contributed by atoms with Crippen LogP contribution in [0.15, 0.2) is 72.8 Å². The van der Waals surface area contributed by atoms with Crippen LogP contribution >= 0.6 is 0 Å². The molecule has 0 bridgehead atoms. The van der Waals surface area contributed by atoms with Gasteiger partial charge in [-0.1, -0.05) is 48.0 Å². The first-order valence-corrected chi connectivity index (χ1v) is 8.70. The van der Waals surface area contributed by atoms with Gasteiger partial charge in [0, 0.05) is 11.1 Å². The maximum Gasteiger partial charge on any atom is 0.340 e. The average molecular weight is 370 g/mol. The molecule has 0 saturated carbocycles. The lowest BCUT2D eigenvalue weighted by Gasteiger charge is -2.12. The van der Waals surface area contributed by atoms with Gasteiger partial charge in [0.15, 0.2) is 0 Å². The van der Waals surface area contributed by atoms with E-state index < -0.39 is 5.97 Å². The number of aryl methyl sites for hydroxylation is 1. The molecule has 3 rings (SSSR count). The van der Waals surface area contributed by atoms with Gasteiger partial charge < -0.3 is 10.1 Å². The van der Waals surface area contributed by atoms with Crippen LogP contribution in [-0.4, -0.2) is 11.9 Å². The molecule has 0 radical (unpaired) electrons. The molecule has 0 heterocycles. The lowest BCUT2D eigenvalue weighted by atomic mass is 10.1. The summed E-state index contributed by atoms with van der Waals surface area (Å²) in [6.45, 7) is 1.88. The molecule has 0 saturated heterocycles. The number of nitriles is 1. The number of para-hydroxylation sites is 1. The summed E-state index contributed by atoms with van der Waals surface area (Å²) < 4.78 is 5.36. The number of rotatable bonds is 5. The summed E-state index contributed by atoms with van der Waals surface area (Å²) >= 11 is 0. The minimum absolute atomic E-state index is 0.0251. The number of nitrogens with one attached hydrogen (secondary N) is 1. The SMILES string of the molecule is Cc1cccc(C(=O)Nc2ccccc2C(=O)OCc2ccccc2C#N)c1. The van der Waals surface area contributed by atoms with Gasteiger partial charge in [0.2, 0.25) is 0 Å². The van der Waals surface area contributed by atoms with E-state index >= 15 is 0 Å². The first-order valence-electron chi connectivity index (χ1n) is 8.70. The summed E-state index contributed by atoms with van der Waals surface area (Å²) in [7, 11) is 0. The maximum atomic E-state index is 12.6. The number of nitrogens with zero attached hydrogens (tertiary/aromatic N) is 1. The number of carbonyl (C=O) groups is 2. The van der Waals surface area contributed by atoms with E-state index in [0.717, 1.165) is 5.56 Å². The van der Waals surface area contributed by atoms with Crippen LogP contribution in [0, 0.1) is 18.3 Å². The van der Waals surface area contributed by atoms with E-state index in [9.17, 15) is 9.59 Å². The van der Waals surface area contributed by atoms with Crippen LogP contribution in [0.25, 0.3) is 0 Å². The molecule has 0 unspecified atom stereocenters. The Morgan fingerprint density at radius 1 is 1.00 bits per heavy atom. The smallest absolute Gasteiger partial charge is 0.340 e. The summed E-state index contributed by atoms with van der Waals surface area (Å²) in [4.78, 5) is 25.1. The molecule has 5 heteroatoms. The Bertz CT molecular complexity index is 1070. The Morgan fingerprint density at radius 3 is 2.54 bits per heavy atom. The van der Waals surface area contributed by atoms with Crippen molar-refractivity contribution >= 4 is 17.6 Å². The molecule has 1 N–H and O–H groups in total. The number of hydrogen-bond acceptors (Lipinski definition) is 4. The minimum Gasteiger partial charge on any atom is -0.457 e. The van der Waals surface area contributed by atoms with E-state index in [1.807, 2.05) is 13.0 Å². The van der Waals surface area contributed by atoms with E-state index in [4.69, 9.17) is 10.00 Å². The number of anilines is 1. The second-order valence-electron chi connectivity index (χ2n) is 6.21. The van der Waals surface area contributed by atoms with Crippen molar-refractivity contribution in [2.24, 2.45) is 0 Å². The Balaban J connectivity index is 1.75. The molecule has 3 aromatic carbocycles. The normalized spacial score (nSPS) is 10.0. The second-order valence-corrected chi connectivity index (χ2v) is 6.21. The van der Waals surface area contributed by atoms with Gasteiger partial charge in [-0.3, -0.25) is 4.79 Å². The largest absolute Gasteiger partial charge is 0.457 e. The first kappa shape index (κ1) is 18.9. The van der Waals surface area contributed by atoms with Crippen LogP contribution in [0.3, 0.4) is 0 Å². The Kier molecular flexibility index (Phi) is 5.83. The highest BCUT2D eigenvalue weighted by atomic mass is 16.5. The van der Waals surface area contributed by atoms with Crippen LogP contribution in [0.2, 0.25) is 0 Å². The van der Waals surface area contributed by atoms with Crippen molar-refractivity contribution in [2.45, 2.75) is 13.5 Å². The van der Waals surface area contributed by atoms with E-state index in [2.05, 4.69) is 11.4 Å².